The van der Waals surface area contributed by atoms with Crippen molar-refractivity contribution in [2.24, 2.45) is 4.99 Å². The summed E-state index contributed by atoms with van der Waals surface area (Å²) in [5.74, 6) is 0. The molecule has 2 amide bonds. The molecule has 3 rings (SSSR count). The molecule has 0 spiro atoms. The molecule has 1 fully saturated rings. The van der Waals surface area contributed by atoms with Crippen LogP contribution < -0.4 is 4.80 Å². The second kappa shape index (κ2) is 6.55. The molecule has 1 aliphatic rings. The minimum Gasteiger partial charge on any atom is -0.323 e. The van der Waals surface area contributed by atoms with Crippen LogP contribution in [-0.2, 0) is 5.41 Å². The Kier molecular flexibility index (Phi) is 4.63. The topological polar surface area (TPSA) is 37.6 Å². The molecular formula is C19H25N3OS. The molecule has 24 heavy (non-hydrogen) atoms. The number of thiazole rings is 1. The van der Waals surface area contributed by atoms with Crippen molar-refractivity contribution in [3.8, 4) is 5.69 Å². The van der Waals surface area contributed by atoms with Crippen molar-refractivity contribution in [3.63, 3.8) is 0 Å². The summed E-state index contributed by atoms with van der Waals surface area (Å²) in [6.07, 6.45) is 4.21. The van der Waals surface area contributed by atoms with E-state index in [1.165, 1.54) is 5.56 Å². The Hall–Kier alpha value is -1.88. The first-order chi connectivity index (χ1) is 11.3. The van der Waals surface area contributed by atoms with Gasteiger partial charge in [0.25, 0.3) is 0 Å². The van der Waals surface area contributed by atoms with E-state index >= 15 is 0 Å². The van der Waals surface area contributed by atoms with Gasteiger partial charge in [0.15, 0.2) is 4.80 Å². The molecule has 1 aromatic carbocycles. The van der Waals surface area contributed by atoms with Gasteiger partial charge in [-0.25, -0.2) is 4.79 Å². The maximum absolute atomic E-state index is 12.3. The Morgan fingerprint density at radius 3 is 2.33 bits per heavy atom. The number of hydrogen-bond donors (Lipinski definition) is 0. The number of urea groups is 1. The summed E-state index contributed by atoms with van der Waals surface area (Å²) < 4.78 is 2.01. The van der Waals surface area contributed by atoms with E-state index in [9.17, 15) is 4.79 Å². The molecule has 2 heterocycles. The highest BCUT2D eigenvalue weighted by atomic mass is 32.1. The lowest BCUT2D eigenvalue weighted by molar-refractivity contribution is 0.218. The Morgan fingerprint density at radius 1 is 1.12 bits per heavy atom. The highest BCUT2D eigenvalue weighted by Crippen LogP contribution is 2.23. The molecule has 0 bridgehead atoms. The van der Waals surface area contributed by atoms with Gasteiger partial charge in [-0.1, -0.05) is 32.9 Å². The van der Waals surface area contributed by atoms with E-state index in [1.54, 1.807) is 11.3 Å². The molecule has 0 saturated carbocycles. The maximum Gasteiger partial charge on any atom is 0.346 e. The first-order valence-corrected chi connectivity index (χ1v) is 9.30. The molecule has 1 aromatic heterocycles. The van der Waals surface area contributed by atoms with Gasteiger partial charge in [-0.2, -0.15) is 4.99 Å². The van der Waals surface area contributed by atoms with Crippen LogP contribution in [0.2, 0.25) is 0 Å². The maximum atomic E-state index is 12.3. The van der Waals surface area contributed by atoms with E-state index in [-0.39, 0.29) is 11.4 Å². The van der Waals surface area contributed by atoms with Gasteiger partial charge in [-0.15, -0.1) is 11.3 Å². The van der Waals surface area contributed by atoms with Gasteiger partial charge in [0.05, 0.1) is 0 Å². The number of benzene rings is 1. The number of rotatable bonds is 1. The lowest BCUT2D eigenvalue weighted by Crippen LogP contribution is -2.27. The largest absolute Gasteiger partial charge is 0.346 e. The summed E-state index contributed by atoms with van der Waals surface area (Å²) in [7, 11) is 0. The fraction of sp³-hybridized carbons (Fsp3) is 0.474. The Morgan fingerprint density at radius 2 is 1.75 bits per heavy atom. The predicted octanol–water partition coefficient (Wildman–Crippen LogP) is 4.26. The molecule has 0 unspecified atom stereocenters. The van der Waals surface area contributed by atoms with E-state index < -0.39 is 0 Å². The zero-order chi connectivity index (χ0) is 17.3. The predicted molar refractivity (Wildman–Crippen MR) is 98.8 cm³/mol. The van der Waals surface area contributed by atoms with E-state index in [1.807, 2.05) is 22.6 Å². The number of amides is 2. The zero-order valence-electron chi connectivity index (χ0n) is 14.9. The Labute approximate surface area is 147 Å². The van der Waals surface area contributed by atoms with Crippen molar-refractivity contribution in [1.82, 2.24) is 9.47 Å². The molecule has 5 heteroatoms. The highest BCUT2D eigenvalue weighted by Gasteiger charge is 2.18. The number of carbonyl (C=O) groups excluding carboxylic acids is 1. The summed E-state index contributed by atoms with van der Waals surface area (Å²) in [6.45, 7) is 10.3. The van der Waals surface area contributed by atoms with Gasteiger partial charge in [0.2, 0.25) is 0 Å². The lowest BCUT2D eigenvalue weighted by atomic mass is 9.87. The summed E-state index contributed by atoms with van der Waals surface area (Å²) in [5.41, 5.74) is 2.47. The number of aromatic nitrogens is 1. The van der Waals surface area contributed by atoms with Crippen LogP contribution in [0.3, 0.4) is 0 Å². The van der Waals surface area contributed by atoms with E-state index in [0.29, 0.717) is 0 Å². The van der Waals surface area contributed by atoms with Crippen LogP contribution in [0.5, 0.6) is 0 Å². The van der Waals surface area contributed by atoms with E-state index in [0.717, 1.165) is 41.3 Å². The van der Waals surface area contributed by atoms with E-state index in [2.05, 4.69) is 50.0 Å². The Balaban J connectivity index is 1.95. The van der Waals surface area contributed by atoms with E-state index in [4.69, 9.17) is 0 Å². The second-order valence-electron chi connectivity index (χ2n) is 7.38. The van der Waals surface area contributed by atoms with Crippen LogP contribution in [0.15, 0.2) is 35.5 Å². The fourth-order valence-electron chi connectivity index (χ4n) is 2.90. The molecule has 0 N–H and O–H groups in total. The van der Waals surface area contributed by atoms with Gasteiger partial charge in [-0.3, -0.25) is 4.57 Å². The third-order valence-electron chi connectivity index (χ3n) is 4.35. The monoisotopic (exact) mass is 343 g/mol. The summed E-state index contributed by atoms with van der Waals surface area (Å²) >= 11 is 1.55. The van der Waals surface area contributed by atoms with Crippen LogP contribution in [0.1, 0.15) is 44.1 Å². The molecule has 0 radical (unpaired) electrons. The minimum absolute atomic E-state index is 0.116. The first-order valence-electron chi connectivity index (χ1n) is 8.48. The van der Waals surface area contributed by atoms with Crippen LogP contribution in [0.4, 0.5) is 4.79 Å². The first kappa shape index (κ1) is 17.0. The molecule has 2 aromatic rings. The molecular weight excluding hydrogens is 318 g/mol. The molecule has 1 saturated heterocycles. The summed E-state index contributed by atoms with van der Waals surface area (Å²) in [4.78, 5) is 20.4. The Bertz CT molecular complexity index is 787. The fourth-order valence-corrected chi connectivity index (χ4v) is 3.73. The summed E-state index contributed by atoms with van der Waals surface area (Å²) in [5, 5.41) is 0. The minimum atomic E-state index is -0.116. The van der Waals surface area contributed by atoms with Crippen molar-refractivity contribution in [1.29, 1.82) is 0 Å². The SMILES string of the molecule is Cc1cn(-c2ccc(C(C)(C)C)cc2)/c(=N/C(=O)N2CCCC2)s1. The number of aryl methyl sites for hydroxylation is 1. The number of carbonyl (C=O) groups is 1. The normalized spacial score (nSPS) is 16.0. The van der Waals surface area contributed by atoms with Crippen molar-refractivity contribution >= 4 is 17.4 Å². The van der Waals surface area contributed by atoms with Gasteiger partial charge < -0.3 is 4.90 Å². The van der Waals surface area contributed by atoms with Gasteiger partial charge >= 0.3 is 6.03 Å². The van der Waals surface area contributed by atoms with Crippen molar-refractivity contribution in [2.45, 2.75) is 46.0 Å². The second-order valence-corrected chi connectivity index (χ2v) is 8.59. The van der Waals surface area contributed by atoms with Gasteiger partial charge in [-0.05, 0) is 42.9 Å². The molecule has 4 nitrogen and oxygen atoms in total. The van der Waals surface area contributed by atoms with Crippen molar-refractivity contribution in [3.05, 3.63) is 45.7 Å². The molecule has 0 atom stereocenters. The van der Waals surface area contributed by atoms with Crippen LogP contribution in [0.25, 0.3) is 5.69 Å². The number of nitrogens with zero attached hydrogens (tertiary/aromatic N) is 3. The van der Waals surface area contributed by atoms with Crippen molar-refractivity contribution in [2.75, 3.05) is 13.1 Å². The van der Waals surface area contributed by atoms with Crippen molar-refractivity contribution < 1.29 is 4.79 Å². The molecule has 128 valence electrons. The van der Waals surface area contributed by atoms with Crippen LogP contribution >= 0.6 is 11.3 Å². The smallest absolute Gasteiger partial charge is 0.323 e. The van der Waals surface area contributed by atoms with Crippen LogP contribution in [0, 0.1) is 6.92 Å². The standard InChI is InChI=1S/C19H25N3OS/c1-14-13-22(16-9-7-15(8-10-16)19(2,3)4)18(24-14)20-17(23)21-11-5-6-12-21/h7-10,13H,5-6,11-12H2,1-4H3/b20-18-. The number of hydrogen-bond acceptors (Lipinski definition) is 2. The average molecular weight is 343 g/mol. The lowest BCUT2D eigenvalue weighted by Gasteiger charge is -2.19. The summed E-state index contributed by atoms with van der Waals surface area (Å²) in [6, 6.07) is 8.40. The third-order valence-corrected chi connectivity index (χ3v) is 5.25. The quantitative estimate of drug-likeness (QED) is 0.762. The average Bonchev–Trinajstić information content (AvgIpc) is 3.16. The number of likely N-dealkylation sites (tertiary alicyclic amines) is 1. The zero-order valence-corrected chi connectivity index (χ0v) is 15.7. The molecule has 0 aliphatic carbocycles. The van der Waals surface area contributed by atoms with Crippen LogP contribution in [-0.4, -0.2) is 28.6 Å². The van der Waals surface area contributed by atoms with Gasteiger partial charge in [0.1, 0.15) is 0 Å². The highest BCUT2D eigenvalue weighted by molar-refractivity contribution is 7.09. The molecule has 1 aliphatic heterocycles. The third kappa shape index (κ3) is 3.61. The van der Waals surface area contributed by atoms with Gasteiger partial charge in [0, 0.05) is 29.9 Å².